The van der Waals surface area contributed by atoms with Crippen LogP contribution in [-0.2, 0) is 14.8 Å². The summed E-state index contributed by atoms with van der Waals surface area (Å²) in [5, 5.41) is 3.43. The monoisotopic (exact) mass is 465 g/mol. The number of benzene rings is 2. The fraction of sp³-hybridized carbons (Fsp3) is 0.300. The van der Waals surface area contributed by atoms with Crippen LogP contribution in [0.15, 0.2) is 52.3 Å². The summed E-state index contributed by atoms with van der Waals surface area (Å²) in [6.45, 7) is 0.490. The zero-order valence-electron chi connectivity index (χ0n) is 16.2. The number of aromatic nitrogens is 1. The lowest BCUT2D eigenvalue weighted by molar-refractivity contribution is -0.120. The minimum absolute atomic E-state index is 0.0610. The number of piperidine rings is 1. The van der Waals surface area contributed by atoms with Gasteiger partial charge >= 0.3 is 0 Å². The van der Waals surface area contributed by atoms with Crippen LogP contribution in [0.25, 0.3) is 10.2 Å². The number of hydrogen-bond acceptors (Lipinski definition) is 6. The fourth-order valence-corrected chi connectivity index (χ4v) is 6.30. The van der Waals surface area contributed by atoms with Gasteiger partial charge in [-0.3, -0.25) is 4.79 Å². The number of hydrogen-bond donors (Lipinski definition) is 1. The Hall–Kier alpha value is -2.01. The molecule has 1 aliphatic rings. The summed E-state index contributed by atoms with van der Waals surface area (Å²) in [5.74, 6) is -0.903. The zero-order chi connectivity index (χ0) is 21.3. The average Bonchev–Trinajstić information content (AvgIpc) is 3.15. The average molecular weight is 466 g/mol. The summed E-state index contributed by atoms with van der Waals surface area (Å²) in [6, 6.07) is 10.8. The number of rotatable bonds is 5. The first kappa shape index (κ1) is 21.2. The van der Waals surface area contributed by atoms with Gasteiger partial charge in [-0.25, -0.2) is 17.8 Å². The third-order valence-electron chi connectivity index (χ3n) is 5.10. The maximum absolute atomic E-state index is 13.1. The Morgan fingerprint density at radius 3 is 2.57 bits per heavy atom. The van der Waals surface area contributed by atoms with Crippen LogP contribution in [-0.4, -0.2) is 43.0 Å². The molecule has 1 fully saturated rings. The normalized spacial score (nSPS) is 16.1. The second-order valence-corrected chi connectivity index (χ2v) is 10.8. The molecule has 0 aliphatic carbocycles. The van der Waals surface area contributed by atoms with Crippen LogP contribution in [0.3, 0.4) is 0 Å². The Balaban J connectivity index is 1.39. The highest BCUT2D eigenvalue weighted by molar-refractivity contribution is 7.98. The molecule has 4 rings (SSSR count). The predicted molar refractivity (Wildman–Crippen MR) is 118 cm³/mol. The molecule has 2 heterocycles. The standard InChI is InChI=1S/C20H20FN3O3S3/c1-28-15-4-7-17-18(12-15)29-20(22-17)23-19(25)13-8-10-24(11-9-13)30(26,27)16-5-2-14(21)3-6-16/h2-7,12-13H,8-11H2,1H3,(H,22,23,25). The Morgan fingerprint density at radius 2 is 1.90 bits per heavy atom. The van der Waals surface area contributed by atoms with Crippen LogP contribution >= 0.6 is 23.1 Å². The quantitative estimate of drug-likeness (QED) is 0.572. The highest BCUT2D eigenvalue weighted by Gasteiger charge is 2.32. The Morgan fingerprint density at radius 1 is 1.20 bits per heavy atom. The van der Waals surface area contributed by atoms with E-state index in [1.165, 1.54) is 27.8 Å². The number of carbonyl (C=O) groups excluding carboxylic acids is 1. The molecule has 2 aromatic carbocycles. The van der Waals surface area contributed by atoms with Crippen molar-refractivity contribution in [3.8, 4) is 0 Å². The maximum Gasteiger partial charge on any atom is 0.243 e. The number of thiazole rings is 1. The van der Waals surface area contributed by atoms with Gasteiger partial charge in [0.25, 0.3) is 0 Å². The molecule has 0 bridgehead atoms. The van der Waals surface area contributed by atoms with Gasteiger partial charge in [-0.1, -0.05) is 11.3 Å². The first-order chi connectivity index (χ1) is 14.4. The number of fused-ring (bicyclic) bond motifs is 1. The lowest BCUT2D eigenvalue weighted by atomic mass is 9.97. The summed E-state index contributed by atoms with van der Waals surface area (Å²) in [4.78, 5) is 18.3. The Labute approximate surface area is 182 Å². The first-order valence-electron chi connectivity index (χ1n) is 9.38. The van der Waals surface area contributed by atoms with E-state index in [9.17, 15) is 17.6 Å². The number of thioether (sulfide) groups is 1. The van der Waals surface area contributed by atoms with Crippen molar-refractivity contribution in [1.29, 1.82) is 0 Å². The molecule has 158 valence electrons. The molecule has 1 aliphatic heterocycles. The fourth-order valence-electron chi connectivity index (χ4n) is 3.41. The molecular weight excluding hydrogens is 445 g/mol. The molecule has 10 heteroatoms. The van der Waals surface area contributed by atoms with Crippen molar-refractivity contribution < 1.29 is 17.6 Å². The smallest absolute Gasteiger partial charge is 0.243 e. The molecule has 1 amide bonds. The summed E-state index contributed by atoms with van der Waals surface area (Å²) < 4.78 is 40.9. The van der Waals surface area contributed by atoms with Crippen LogP contribution in [0.5, 0.6) is 0 Å². The number of halogens is 1. The minimum Gasteiger partial charge on any atom is -0.302 e. The van der Waals surface area contributed by atoms with E-state index in [0.29, 0.717) is 18.0 Å². The van der Waals surface area contributed by atoms with Gasteiger partial charge < -0.3 is 5.32 Å². The highest BCUT2D eigenvalue weighted by atomic mass is 32.2. The molecular formula is C20H20FN3O3S3. The molecule has 3 aromatic rings. The van der Waals surface area contributed by atoms with Gasteiger partial charge in [-0.05, 0) is 61.6 Å². The van der Waals surface area contributed by atoms with Crippen molar-refractivity contribution >= 4 is 54.4 Å². The summed E-state index contributed by atoms with van der Waals surface area (Å²) in [6.07, 6.45) is 2.86. The molecule has 6 nitrogen and oxygen atoms in total. The summed E-state index contributed by atoms with van der Waals surface area (Å²) >= 11 is 3.08. The number of nitrogens with one attached hydrogen (secondary N) is 1. The van der Waals surface area contributed by atoms with Gasteiger partial charge in [0.05, 0.1) is 15.1 Å². The number of sulfonamides is 1. The van der Waals surface area contributed by atoms with E-state index >= 15 is 0 Å². The number of carbonyl (C=O) groups is 1. The van der Waals surface area contributed by atoms with Gasteiger partial charge in [0, 0.05) is 23.9 Å². The van der Waals surface area contributed by atoms with Crippen molar-refractivity contribution in [2.45, 2.75) is 22.6 Å². The summed E-state index contributed by atoms with van der Waals surface area (Å²) in [7, 11) is -3.69. The predicted octanol–water partition coefficient (Wildman–Crippen LogP) is 4.20. The number of amides is 1. The van der Waals surface area contributed by atoms with E-state index in [1.807, 2.05) is 24.5 Å². The third-order valence-corrected chi connectivity index (χ3v) is 8.67. The molecule has 0 spiro atoms. The van der Waals surface area contributed by atoms with Gasteiger partial charge in [0.1, 0.15) is 5.82 Å². The molecule has 0 atom stereocenters. The van der Waals surface area contributed by atoms with Gasteiger partial charge in [-0.2, -0.15) is 4.31 Å². The molecule has 0 unspecified atom stereocenters. The molecule has 30 heavy (non-hydrogen) atoms. The van der Waals surface area contributed by atoms with Gasteiger partial charge in [0.2, 0.25) is 15.9 Å². The van der Waals surface area contributed by atoms with Crippen LogP contribution in [0.4, 0.5) is 9.52 Å². The van der Waals surface area contributed by atoms with E-state index in [4.69, 9.17) is 0 Å². The SMILES string of the molecule is CSc1ccc2nc(NC(=O)C3CCN(S(=O)(=O)c4ccc(F)cc4)CC3)sc2c1. The lowest BCUT2D eigenvalue weighted by Crippen LogP contribution is -2.41. The third kappa shape index (κ3) is 4.36. The van der Waals surface area contributed by atoms with E-state index in [-0.39, 0.29) is 29.8 Å². The second-order valence-electron chi connectivity index (χ2n) is 6.97. The molecule has 0 radical (unpaired) electrons. The zero-order valence-corrected chi connectivity index (χ0v) is 18.6. The van der Waals surface area contributed by atoms with Crippen molar-refractivity contribution in [3.05, 3.63) is 48.3 Å². The number of nitrogens with zero attached hydrogens (tertiary/aromatic N) is 2. The number of anilines is 1. The molecule has 1 saturated heterocycles. The van der Waals surface area contributed by atoms with E-state index in [2.05, 4.69) is 10.3 Å². The summed E-state index contributed by atoms with van der Waals surface area (Å²) in [5.41, 5.74) is 0.841. The molecule has 1 aromatic heterocycles. The van der Waals surface area contributed by atoms with Crippen LogP contribution in [0.2, 0.25) is 0 Å². The van der Waals surface area contributed by atoms with Crippen molar-refractivity contribution in [2.75, 3.05) is 24.7 Å². The molecule has 1 N–H and O–H groups in total. The molecule has 0 saturated carbocycles. The first-order valence-corrected chi connectivity index (χ1v) is 12.9. The van der Waals surface area contributed by atoms with Crippen LogP contribution < -0.4 is 5.32 Å². The highest BCUT2D eigenvalue weighted by Crippen LogP contribution is 2.31. The van der Waals surface area contributed by atoms with Crippen molar-refractivity contribution in [3.63, 3.8) is 0 Å². The van der Waals surface area contributed by atoms with Crippen LogP contribution in [0, 0.1) is 11.7 Å². The maximum atomic E-state index is 13.1. The second kappa shape index (κ2) is 8.62. The van der Waals surface area contributed by atoms with Crippen LogP contribution in [0.1, 0.15) is 12.8 Å². The van der Waals surface area contributed by atoms with E-state index in [0.717, 1.165) is 27.2 Å². The van der Waals surface area contributed by atoms with E-state index < -0.39 is 15.8 Å². The Kier molecular flexibility index (Phi) is 6.10. The van der Waals surface area contributed by atoms with Crippen molar-refractivity contribution in [1.82, 2.24) is 9.29 Å². The lowest BCUT2D eigenvalue weighted by Gasteiger charge is -2.30. The van der Waals surface area contributed by atoms with Gasteiger partial charge in [0.15, 0.2) is 5.13 Å². The minimum atomic E-state index is -3.69. The largest absolute Gasteiger partial charge is 0.302 e. The topological polar surface area (TPSA) is 79.4 Å². The van der Waals surface area contributed by atoms with Gasteiger partial charge in [-0.15, -0.1) is 11.8 Å². The van der Waals surface area contributed by atoms with E-state index in [1.54, 1.807) is 11.8 Å². The Bertz CT molecular complexity index is 1170. The van der Waals surface area contributed by atoms with Crippen molar-refractivity contribution in [2.24, 2.45) is 5.92 Å².